The van der Waals surface area contributed by atoms with Crippen molar-refractivity contribution >= 4 is 38.1 Å². The highest BCUT2D eigenvalue weighted by Gasteiger charge is 2.24. The number of phosphoric ester groups is 1. The van der Waals surface area contributed by atoms with E-state index in [2.05, 4.69) is 14.8 Å². The van der Waals surface area contributed by atoms with E-state index in [0.717, 1.165) is 12.1 Å². The maximum Gasteiger partial charge on any atom is 0.524 e. The number of amides is 1. The number of phosphoric acid groups is 1. The molecular formula is C15H25ClN5O8P. The quantitative estimate of drug-likeness (QED) is 0.0825. The van der Waals surface area contributed by atoms with Gasteiger partial charge in [-0.05, 0) is 37.0 Å². The lowest BCUT2D eigenvalue weighted by Crippen LogP contribution is -2.49. The number of hydrogen-bond donors (Lipinski definition) is 8. The molecule has 0 aliphatic heterocycles. The van der Waals surface area contributed by atoms with Gasteiger partial charge in [0, 0.05) is 6.54 Å². The Morgan fingerprint density at radius 1 is 1.27 bits per heavy atom. The first-order valence-electron chi connectivity index (χ1n) is 8.30. The van der Waals surface area contributed by atoms with Crippen molar-refractivity contribution in [2.24, 2.45) is 22.2 Å². The number of aromatic hydroxyl groups is 1. The third-order valence-corrected chi connectivity index (χ3v) is 4.03. The monoisotopic (exact) mass is 469 g/mol. The summed E-state index contributed by atoms with van der Waals surface area (Å²) in [6.07, 6.45) is 0.328. The Hall–Kier alpha value is -2.57. The van der Waals surface area contributed by atoms with Crippen molar-refractivity contribution in [1.82, 2.24) is 5.32 Å². The van der Waals surface area contributed by atoms with Crippen LogP contribution in [0.2, 0.25) is 0 Å². The number of phenolic OH excluding ortho intramolecular Hbond substituents is 1. The number of carbonyl (C=O) groups is 2. The van der Waals surface area contributed by atoms with Crippen molar-refractivity contribution in [3.63, 3.8) is 0 Å². The first-order valence-corrected chi connectivity index (χ1v) is 9.83. The molecule has 1 aromatic carbocycles. The molecule has 2 atom stereocenters. The summed E-state index contributed by atoms with van der Waals surface area (Å²) >= 11 is 0. The molecule has 0 spiro atoms. The first-order chi connectivity index (χ1) is 13.4. The molecule has 0 radical (unpaired) electrons. The molecule has 0 fully saturated rings. The lowest BCUT2D eigenvalue weighted by Gasteiger charge is -2.18. The number of nitrogens with zero attached hydrogens (tertiary/aromatic N) is 1. The van der Waals surface area contributed by atoms with Crippen LogP contribution in [0.25, 0.3) is 0 Å². The molecule has 0 bridgehead atoms. The summed E-state index contributed by atoms with van der Waals surface area (Å²) in [6.45, 7) is 0.205. The topological polar surface area (TPSA) is 244 Å². The Kier molecular flexibility index (Phi) is 11.2. The molecule has 11 N–H and O–H groups in total. The number of guanidine groups is 1. The molecule has 0 heterocycles. The second-order valence-electron chi connectivity index (χ2n) is 6.04. The lowest BCUT2D eigenvalue weighted by atomic mass is 10.0. The number of carboxylic acids is 1. The van der Waals surface area contributed by atoms with Gasteiger partial charge in [-0.25, -0.2) is 9.36 Å². The maximum absolute atomic E-state index is 12.2. The zero-order valence-corrected chi connectivity index (χ0v) is 17.4. The minimum absolute atomic E-state index is 0. The first kappa shape index (κ1) is 27.4. The van der Waals surface area contributed by atoms with Crippen molar-refractivity contribution in [3.05, 3.63) is 23.8 Å². The van der Waals surface area contributed by atoms with E-state index < -0.39 is 43.3 Å². The molecule has 1 aromatic rings. The number of halogens is 1. The molecule has 0 aromatic heterocycles. The van der Waals surface area contributed by atoms with Crippen molar-refractivity contribution in [2.45, 2.75) is 31.3 Å². The number of phenols is 1. The van der Waals surface area contributed by atoms with Gasteiger partial charge in [0.25, 0.3) is 0 Å². The standard InChI is InChI=1S/C15H24N5O8P.ClH/c16-9(6-8-3-4-12(11(21)7-8)28-29(25,26)27)13(22)20-10(14(23)24)2-1-5-19-15(17)18;/h3-4,7,9-10,21H,1-2,5-6,16H2,(H,20,22)(H,23,24)(H4,17,18,19)(H2,25,26,27);1H/t9-,10-;/m0./s1. The van der Waals surface area contributed by atoms with Gasteiger partial charge in [-0.3, -0.25) is 19.6 Å². The van der Waals surface area contributed by atoms with Crippen LogP contribution in [0.15, 0.2) is 23.2 Å². The number of benzene rings is 1. The molecule has 0 saturated heterocycles. The van der Waals surface area contributed by atoms with E-state index in [9.17, 15) is 24.4 Å². The number of rotatable bonds is 11. The van der Waals surface area contributed by atoms with E-state index in [4.69, 9.17) is 27.0 Å². The lowest BCUT2D eigenvalue weighted by molar-refractivity contribution is -0.142. The molecule has 170 valence electrons. The number of carboxylic acid groups (broad SMARTS) is 1. The molecule has 30 heavy (non-hydrogen) atoms. The number of carbonyl (C=O) groups excluding carboxylic acids is 1. The second kappa shape index (κ2) is 12.2. The van der Waals surface area contributed by atoms with Crippen molar-refractivity contribution < 1.29 is 38.7 Å². The highest BCUT2D eigenvalue weighted by molar-refractivity contribution is 7.46. The molecule has 0 saturated carbocycles. The molecule has 0 aliphatic carbocycles. The Morgan fingerprint density at radius 2 is 1.90 bits per heavy atom. The van der Waals surface area contributed by atoms with Crippen LogP contribution < -0.4 is 27.0 Å². The fourth-order valence-electron chi connectivity index (χ4n) is 2.28. The summed E-state index contributed by atoms with van der Waals surface area (Å²) in [5.74, 6) is -3.09. The smallest absolute Gasteiger partial charge is 0.504 e. The van der Waals surface area contributed by atoms with Gasteiger partial charge < -0.3 is 37.3 Å². The third kappa shape index (κ3) is 10.3. The molecule has 1 amide bonds. The van der Waals surface area contributed by atoms with Crippen molar-refractivity contribution in [3.8, 4) is 11.5 Å². The van der Waals surface area contributed by atoms with Gasteiger partial charge in [0.05, 0.1) is 6.04 Å². The van der Waals surface area contributed by atoms with E-state index in [-0.39, 0.29) is 37.8 Å². The Bertz CT molecular complexity index is 814. The minimum Gasteiger partial charge on any atom is -0.504 e. The number of aliphatic carboxylic acids is 1. The van der Waals surface area contributed by atoms with E-state index in [1.807, 2.05) is 0 Å². The average molecular weight is 470 g/mol. The molecule has 0 aliphatic rings. The molecule has 1 rings (SSSR count). The van der Waals surface area contributed by atoms with E-state index in [0.29, 0.717) is 12.0 Å². The SMILES string of the molecule is Cl.NC(N)=NCCC[C@H](NC(=O)[C@@H](N)Cc1ccc(OP(=O)(O)O)c(O)c1)C(=O)O. The maximum atomic E-state index is 12.2. The molecule has 0 unspecified atom stereocenters. The van der Waals surface area contributed by atoms with Gasteiger partial charge in [0.15, 0.2) is 17.5 Å². The van der Waals surface area contributed by atoms with Crippen molar-refractivity contribution in [1.29, 1.82) is 0 Å². The van der Waals surface area contributed by atoms with Crippen LogP contribution in [0, 0.1) is 0 Å². The van der Waals surface area contributed by atoms with Gasteiger partial charge in [0.1, 0.15) is 6.04 Å². The Balaban J connectivity index is 0.00000841. The Morgan fingerprint density at radius 3 is 2.40 bits per heavy atom. The van der Waals surface area contributed by atoms with E-state index >= 15 is 0 Å². The van der Waals surface area contributed by atoms with Gasteiger partial charge in [-0.15, -0.1) is 12.4 Å². The minimum atomic E-state index is -4.84. The predicted octanol–water partition coefficient (Wildman–Crippen LogP) is -1.22. The number of aliphatic imine (C=N–C) groups is 1. The van der Waals surface area contributed by atoms with Gasteiger partial charge in [0.2, 0.25) is 5.91 Å². The number of nitrogens with one attached hydrogen (secondary N) is 1. The zero-order valence-electron chi connectivity index (χ0n) is 15.7. The predicted molar refractivity (Wildman–Crippen MR) is 109 cm³/mol. The molecule has 13 nitrogen and oxygen atoms in total. The van der Waals surface area contributed by atoms with Crippen LogP contribution in [-0.4, -0.2) is 56.5 Å². The largest absolute Gasteiger partial charge is 0.524 e. The Labute approximate surface area is 177 Å². The van der Waals surface area contributed by atoms with Crippen LogP contribution in [0.3, 0.4) is 0 Å². The normalized spacial score (nSPS) is 12.8. The molecular weight excluding hydrogens is 445 g/mol. The van der Waals surface area contributed by atoms with Crippen LogP contribution >= 0.6 is 20.2 Å². The summed E-state index contributed by atoms with van der Waals surface area (Å²) in [6, 6.07) is 1.26. The van der Waals surface area contributed by atoms with Crippen LogP contribution in [-0.2, 0) is 20.6 Å². The van der Waals surface area contributed by atoms with Crippen LogP contribution in [0.1, 0.15) is 18.4 Å². The van der Waals surface area contributed by atoms with Gasteiger partial charge in [-0.2, -0.15) is 0 Å². The van der Waals surface area contributed by atoms with E-state index in [1.54, 1.807) is 0 Å². The second-order valence-corrected chi connectivity index (χ2v) is 7.21. The number of nitrogens with two attached hydrogens (primary N) is 3. The van der Waals surface area contributed by atoms with Crippen molar-refractivity contribution in [2.75, 3.05) is 6.54 Å². The van der Waals surface area contributed by atoms with Gasteiger partial charge in [-0.1, -0.05) is 6.07 Å². The van der Waals surface area contributed by atoms with Gasteiger partial charge >= 0.3 is 13.8 Å². The molecule has 15 heteroatoms. The summed E-state index contributed by atoms with van der Waals surface area (Å²) in [5, 5.41) is 21.3. The fourth-order valence-corrected chi connectivity index (χ4v) is 2.69. The highest BCUT2D eigenvalue weighted by Crippen LogP contribution is 2.41. The summed E-state index contributed by atoms with van der Waals surface area (Å²) < 4.78 is 15.1. The third-order valence-electron chi connectivity index (χ3n) is 3.59. The number of hydrogen-bond acceptors (Lipinski definition) is 7. The average Bonchev–Trinajstić information content (AvgIpc) is 2.58. The summed E-state index contributed by atoms with van der Waals surface area (Å²) in [7, 11) is -4.84. The summed E-state index contributed by atoms with van der Waals surface area (Å²) in [5.41, 5.74) is 16.5. The van der Waals surface area contributed by atoms with E-state index in [1.165, 1.54) is 6.07 Å². The zero-order chi connectivity index (χ0) is 22.2. The summed E-state index contributed by atoms with van der Waals surface area (Å²) in [4.78, 5) is 44.7. The van der Waals surface area contributed by atoms with Crippen LogP contribution in [0.5, 0.6) is 11.5 Å². The van der Waals surface area contributed by atoms with Crippen LogP contribution in [0.4, 0.5) is 0 Å². The fraction of sp³-hybridized carbons (Fsp3) is 0.400. The highest BCUT2D eigenvalue weighted by atomic mass is 35.5.